The molecular formula is C13H13Cl2FN4O3. The fourth-order valence-corrected chi connectivity index (χ4v) is 2.04. The molecule has 0 aromatic carbocycles. The van der Waals surface area contributed by atoms with Gasteiger partial charge in [-0.3, -0.25) is 0 Å². The monoisotopic (exact) mass is 362 g/mol. The molecule has 0 radical (unpaired) electrons. The molecule has 0 saturated carbocycles. The van der Waals surface area contributed by atoms with Crippen LogP contribution < -0.4 is 15.2 Å². The van der Waals surface area contributed by atoms with Crippen LogP contribution in [0.5, 0.6) is 11.8 Å². The molecule has 2 aromatic rings. The van der Waals surface area contributed by atoms with E-state index in [0.29, 0.717) is 5.69 Å². The molecule has 0 unspecified atom stereocenters. The number of hydrogen-bond acceptors (Lipinski definition) is 6. The molecule has 2 N–H and O–H groups in total. The van der Waals surface area contributed by atoms with E-state index in [1.54, 1.807) is 20.0 Å². The van der Waals surface area contributed by atoms with Gasteiger partial charge in [0.1, 0.15) is 10.0 Å². The Morgan fingerprint density at radius 1 is 1.43 bits per heavy atom. The lowest BCUT2D eigenvalue weighted by molar-refractivity contribution is -0.142. The number of carbonyl (C=O) groups is 1. The van der Waals surface area contributed by atoms with Gasteiger partial charge in [0, 0.05) is 13.1 Å². The molecule has 10 heteroatoms. The predicted molar refractivity (Wildman–Crippen MR) is 82.3 cm³/mol. The van der Waals surface area contributed by atoms with Crippen LogP contribution in [-0.4, -0.2) is 26.8 Å². The van der Waals surface area contributed by atoms with Crippen LogP contribution in [0.25, 0.3) is 0 Å². The van der Waals surface area contributed by atoms with E-state index in [-0.39, 0.29) is 22.5 Å². The van der Waals surface area contributed by atoms with E-state index in [4.69, 9.17) is 38.4 Å². The third-order valence-corrected chi connectivity index (χ3v) is 3.55. The molecule has 1 atom stereocenters. The van der Waals surface area contributed by atoms with Crippen LogP contribution in [0, 0.1) is 12.9 Å². The Morgan fingerprint density at radius 3 is 2.65 bits per heavy atom. The zero-order valence-electron chi connectivity index (χ0n) is 12.4. The zero-order chi connectivity index (χ0) is 17.3. The maximum Gasteiger partial charge on any atom is 0.353 e. The highest BCUT2D eigenvalue weighted by atomic mass is 35.5. The largest absolute Gasteiger partial charge is 0.461 e. The number of carbonyl (C=O) groups excluding carboxylic acids is 1. The Hall–Kier alpha value is -2.06. The summed E-state index contributed by atoms with van der Waals surface area (Å²) < 4.78 is 25.2. The van der Waals surface area contributed by atoms with Crippen molar-refractivity contribution in [3.8, 4) is 11.8 Å². The van der Waals surface area contributed by atoms with Crippen molar-refractivity contribution in [1.29, 1.82) is 0 Å². The van der Waals surface area contributed by atoms with Crippen molar-refractivity contribution in [3.05, 3.63) is 27.8 Å². The first-order valence-electron chi connectivity index (χ1n) is 6.39. The van der Waals surface area contributed by atoms with E-state index in [1.165, 1.54) is 11.6 Å². The second-order valence-electron chi connectivity index (χ2n) is 4.68. The SMILES string of the molecule is Cc1cc(OC(=O)[C@@H](C)Oc2nc(F)c(Cl)c(N)c2Cl)n(C)n1. The van der Waals surface area contributed by atoms with E-state index in [0.717, 1.165) is 0 Å². The number of nitrogens with two attached hydrogens (primary N) is 1. The van der Waals surface area contributed by atoms with E-state index < -0.39 is 23.0 Å². The molecule has 7 nitrogen and oxygen atoms in total. The summed E-state index contributed by atoms with van der Waals surface area (Å²) in [7, 11) is 1.62. The van der Waals surface area contributed by atoms with Crippen LogP contribution in [-0.2, 0) is 11.8 Å². The third-order valence-electron chi connectivity index (χ3n) is 2.83. The molecule has 0 amide bonds. The maximum absolute atomic E-state index is 13.5. The highest BCUT2D eigenvalue weighted by molar-refractivity contribution is 6.39. The van der Waals surface area contributed by atoms with Crippen molar-refractivity contribution in [2.24, 2.45) is 7.05 Å². The van der Waals surface area contributed by atoms with E-state index in [9.17, 15) is 9.18 Å². The molecule has 2 aromatic heterocycles. The molecule has 0 saturated heterocycles. The van der Waals surface area contributed by atoms with Gasteiger partial charge in [-0.25, -0.2) is 9.48 Å². The Labute approximate surface area is 141 Å². The van der Waals surface area contributed by atoms with Crippen LogP contribution in [0.15, 0.2) is 6.07 Å². The summed E-state index contributed by atoms with van der Waals surface area (Å²) in [5.41, 5.74) is 5.99. The number of ether oxygens (including phenoxy) is 2. The van der Waals surface area contributed by atoms with Gasteiger partial charge in [-0.05, 0) is 13.8 Å². The minimum atomic E-state index is -1.12. The number of aryl methyl sites for hydroxylation is 2. The maximum atomic E-state index is 13.5. The average Bonchev–Trinajstić information content (AvgIpc) is 2.80. The summed E-state index contributed by atoms with van der Waals surface area (Å²) in [6.45, 7) is 3.15. The summed E-state index contributed by atoms with van der Waals surface area (Å²) >= 11 is 11.5. The lowest BCUT2D eigenvalue weighted by Crippen LogP contribution is -2.29. The molecule has 0 fully saturated rings. The number of halogens is 3. The van der Waals surface area contributed by atoms with Crippen molar-refractivity contribution in [3.63, 3.8) is 0 Å². The zero-order valence-corrected chi connectivity index (χ0v) is 13.9. The number of rotatable bonds is 4. The van der Waals surface area contributed by atoms with Gasteiger partial charge in [0.25, 0.3) is 0 Å². The fourth-order valence-electron chi connectivity index (χ4n) is 1.67. The Morgan fingerprint density at radius 2 is 2.09 bits per heavy atom. The highest BCUT2D eigenvalue weighted by Crippen LogP contribution is 2.35. The minimum absolute atomic E-state index is 0.188. The first-order chi connectivity index (χ1) is 10.7. The van der Waals surface area contributed by atoms with Crippen molar-refractivity contribution in [1.82, 2.24) is 14.8 Å². The molecule has 0 aliphatic rings. The second-order valence-corrected chi connectivity index (χ2v) is 5.43. The Bertz CT molecular complexity index is 766. The van der Waals surface area contributed by atoms with Gasteiger partial charge in [0.15, 0.2) is 6.10 Å². The second kappa shape index (κ2) is 6.59. The van der Waals surface area contributed by atoms with Crippen LogP contribution in [0.1, 0.15) is 12.6 Å². The molecule has 2 rings (SSSR count). The summed E-state index contributed by atoms with van der Waals surface area (Å²) in [6, 6.07) is 1.58. The minimum Gasteiger partial charge on any atom is -0.461 e. The lowest BCUT2D eigenvalue weighted by atomic mass is 10.4. The van der Waals surface area contributed by atoms with Crippen LogP contribution in [0.4, 0.5) is 10.1 Å². The van der Waals surface area contributed by atoms with Crippen molar-refractivity contribution in [2.75, 3.05) is 5.73 Å². The van der Waals surface area contributed by atoms with E-state index in [2.05, 4.69) is 10.1 Å². The molecule has 23 heavy (non-hydrogen) atoms. The summed E-state index contributed by atoms with van der Waals surface area (Å²) in [5.74, 6) is -1.90. The van der Waals surface area contributed by atoms with Crippen molar-refractivity contribution < 1.29 is 18.7 Å². The van der Waals surface area contributed by atoms with Gasteiger partial charge in [0.2, 0.25) is 17.7 Å². The fraction of sp³-hybridized carbons (Fsp3) is 0.308. The summed E-state index contributed by atoms with van der Waals surface area (Å²) in [5, 5.41) is 3.44. The van der Waals surface area contributed by atoms with Gasteiger partial charge in [-0.2, -0.15) is 14.5 Å². The summed E-state index contributed by atoms with van der Waals surface area (Å²) in [4.78, 5) is 15.4. The summed E-state index contributed by atoms with van der Waals surface area (Å²) in [6.07, 6.45) is -1.12. The van der Waals surface area contributed by atoms with E-state index in [1.807, 2.05) is 0 Å². The quantitative estimate of drug-likeness (QED) is 0.663. The molecule has 0 bridgehead atoms. The Kier molecular flexibility index (Phi) is 4.96. The first kappa shape index (κ1) is 17.3. The number of aromatic nitrogens is 3. The average molecular weight is 363 g/mol. The molecule has 0 aliphatic heterocycles. The smallest absolute Gasteiger partial charge is 0.353 e. The third kappa shape index (κ3) is 3.65. The molecular weight excluding hydrogens is 350 g/mol. The number of hydrogen-bond donors (Lipinski definition) is 1. The topological polar surface area (TPSA) is 92.3 Å². The van der Waals surface area contributed by atoms with Gasteiger partial charge in [0.05, 0.1) is 11.4 Å². The first-order valence-corrected chi connectivity index (χ1v) is 7.15. The van der Waals surface area contributed by atoms with Gasteiger partial charge in [-0.15, -0.1) is 0 Å². The van der Waals surface area contributed by atoms with Crippen LogP contribution in [0.2, 0.25) is 10.0 Å². The van der Waals surface area contributed by atoms with E-state index >= 15 is 0 Å². The number of nitrogens with zero attached hydrogens (tertiary/aromatic N) is 3. The number of nitrogen functional groups attached to an aromatic ring is 1. The van der Waals surface area contributed by atoms with Gasteiger partial charge < -0.3 is 15.2 Å². The van der Waals surface area contributed by atoms with Gasteiger partial charge >= 0.3 is 5.97 Å². The molecule has 2 heterocycles. The van der Waals surface area contributed by atoms with Crippen LogP contribution >= 0.6 is 23.2 Å². The normalized spacial score (nSPS) is 12.1. The predicted octanol–water partition coefficient (Wildman–Crippen LogP) is 2.52. The van der Waals surface area contributed by atoms with Crippen molar-refractivity contribution in [2.45, 2.75) is 20.0 Å². The molecule has 124 valence electrons. The highest BCUT2D eigenvalue weighted by Gasteiger charge is 2.23. The molecule has 0 aliphatic carbocycles. The molecule has 0 spiro atoms. The number of pyridine rings is 1. The standard InChI is InChI=1S/C13H13Cl2FN4O3/c1-5-4-7(20(3)19-5)23-13(21)6(2)22-12-9(15)10(17)8(14)11(16)18-12/h4,6H,1-3H3,(H2,17,18)/t6-/m1/s1. The number of anilines is 1. The lowest BCUT2D eigenvalue weighted by Gasteiger charge is -2.15. The van der Waals surface area contributed by atoms with Crippen LogP contribution in [0.3, 0.4) is 0 Å². The van der Waals surface area contributed by atoms with Crippen molar-refractivity contribution >= 4 is 34.9 Å². The Balaban J connectivity index is 2.14. The van der Waals surface area contributed by atoms with Gasteiger partial charge in [-0.1, -0.05) is 23.2 Å². The number of esters is 1.